The maximum Gasteiger partial charge on any atom is 0.242 e. The lowest BCUT2D eigenvalue weighted by Crippen LogP contribution is -2.44. The molecule has 1 unspecified atom stereocenters. The highest BCUT2D eigenvalue weighted by molar-refractivity contribution is 7.92. The number of phenols is 1. The van der Waals surface area contributed by atoms with E-state index in [0.29, 0.717) is 5.56 Å². The Morgan fingerprint density at radius 2 is 1.77 bits per heavy atom. The number of sulfone groups is 1. The Kier molecular flexibility index (Phi) is 7.77. The Labute approximate surface area is 176 Å². The molecule has 2 aromatic rings. The van der Waals surface area contributed by atoms with Crippen LogP contribution in [0, 0.1) is 6.92 Å². The summed E-state index contributed by atoms with van der Waals surface area (Å²) in [5.74, 6) is -1.36. The highest BCUT2D eigenvalue weighted by atomic mass is 32.2. The molecule has 10 heteroatoms. The molecule has 2 aromatic carbocycles. The van der Waals surface area contributed by atoms with E-state index < -0.39 is 37.6 Å². The number of hydrogen-bond donors (Lipinski definition) is 3. The average Bonchev–Trinajstić information content (AvgIpc) is 2.66. The summed E-state index contributed by atoms with van der Waals surface area (Å²) in [6, 6.07) is 11.9. The second-order valence-electron chi connectivity index (χ2n) is 6.86. The number of carbonyl (C=O) groups excluding carboxylic acids is 1. The molecule has 30 heavy (non-hydrogen) atoms. The summed E-state index contributed by atoms with van der Waals surface area (Å²) in [5, 5.41) is 13.3. The van der Waals surface area contributed by atoms with Crippen LogP contribution in [0.4, 0.5) is 5.69 Å². The van der Waals surface area contributed by atoms with Gasteiger partial charge < -0.3 is 10.4 Å². The summed E-state index contributed by atoms with van der Waals surface area (Å²) < 4.78 is 50.1. The first-order valence-electron chi connectivity index (χ1n) is 8.99. The standard InChI is InChI=1S/C20H24N2O6S2/c1-15-8-9-17(19(23)14-15)21-20(24)18(11-12-29(2,25)26)22-30(27,28)13-10-16-6-4-3-5-7-16/h3-10,13-14,18,22-23H,11-12H2,1-2H3,(H,21,24)/b13-10+. The van der Waals surface area contributed by atoms with Crippen LogP contribution in [0.3, 0.4) is 0 Å². The summed E-state index contributed by atoms with van der Waals surface area (Å²) in [6.07, 6.45) is 2.09. The van der Waals surface area contributed by atoms with Crippen molar-refractivity contribution in [1.82, 2.24) is 4.72 Å². The van der Waals surface area contributed by atoms with Crippen LogP contribution in [0.2, 0.25) is 0 Å². The summed E-state index contributed by atoms with van der Waals surface area (Å²) >= 11 is 0. The predicted molar refractivity (Wildman–Crippen MR) is 117 cm³/mol. The van der Waals surface area contributed by atoms with Crippen LogP contribution < -0.4 is 10.0 Å². The number of sulfonamides is 1. The van der Waals surface area contributed by atoms with E-state index in [1.54, 1.807) is 43.3 Å². The van der Waals surface area contributed by atoms with Gasteiger partial charge in [-0.25, -0.2) is 16.8 Å². The molecule has 0 bridgehead atoms. The Bertz CT molecular complexity index is 1130. The molecule has 0 fully saturated rings. The minimum Gasteiger partial charge on any atom is -0.506 e. The van der Waals surface area contributed by atoms with Gasteiger partial charge in [0.25, 0.3) is 0 Å². The fourth-order valence-corrected chi connectivity index (χ4v) is 4.21. The zero-order valence-electron chi connectivity index (χ0n) is 16.6. The van der Waals surface area contributed by atoms with Gasteiger partial charge in [-0.3, -0.25) is 4.79 Å². The Balaban J connectivity index is 2.20. The molecule has 0 heterocycles. The fourth-order valence-electron chi connectivity index (χ4n) is 2.51. The third kappa shape index (κ3) is 7.97. The average molecular weight is 453 g/mol. The second-order valence-corrected chi connectivity index (χ2v) is 10.7. The topological polar surface area (TPSA) is 130 Å². The van der Waals surface area contributed by atoms with Gasteiger partial charge in [0.2, 0.25) is 15.9 Å². The molecule has 0 aliphatic carbocycles. The molecule has 3 N–H and O–H groups in total. The van der Waals surface area contributed by atoms with Crippen molar-refractivity contribution in [2.75, 3.05) is 17.3 Å². The summed E-state index contributed by atoms with van der Waals surface area (Å²) in [4.78, 5) is 12.7. The number of aromatic hydroxyl groups is 1. The molecule has 0 saturated heterocycles. The van der Waals surface area contributed by atoms with E-state index in [1.165, 1.54) is 18.2 Å². The molecule has 162 valence electrons. The van der Waals surface area contributed by atoms with Gasteiger partial charge in [-0.15, -0.1) is 0 Å². The summed E-state index contributed by atoms with van der Waals surface area (Å²) in [5.41, 5.74) is 1.50. The lowest BCUT2D eigenvalue weighted by molar-refractivity contribution is -0.117. The van der Waals surface area contributed by atoms with Crippen LogP contribution in [0.15, 0.2) is 53.9 Å². The van der Waals surface area contributed by atoms with Crippen LogP contribution >= 0.6 is 0 Å². The number of amides is 1. The molecule has 1 amide bonds. The van der Waals surface area contributed by atoms with E-state index in [-0.39, 0.29) is 17.9 Å². The Hall–Kier alpha value is -2.69. The first kappa shape index (κ1) is 23.6. The van der Waals surface area contributed by atoms with Gasteiger partial charge in [-0.2, -0.15) is 4.72 Å². The molecule has 0 aromatic heterocycles. The van der Waals surface area contributed by atoms with E-state index in [4.69, 9.17) is 0 Å². The highest BCUT2D eigenvalue weighted by Gasteiger charge is 2.25. The van der Waals surface area contributed by atoms with Crippen LogP contribution in [-0.2, 0) is 24.7 Å². The molecule has 0 spiro atoms. The van der Waals surface area contributed by atoms with Crippen LogP contribution in [0.25, 0.3) is 6.08 Å². The molecular weight excluding hydrogens is 428 g/mol. The largest absolute Gasteiger partial charge is 0.506 e. The van der Waals surface area contributed by atoms with Gasteiger partial charge in [0.1, 0.15) is 21.6 Å². The molecule has 2 rings (SSSR count). The zero-order chi connectivity index (χ0) is 22.4. The molecule has 0 radical (unpaired) electrons. The lowest BCUT2D eigenvalue weighted by Gasteiger charge is -2.18. The lowest BCUT2D eigenvalue weighted by atomic mass is 10.2. The first-order chi connectivity index (χ1) is 14.0. The molecule has 0 aliphatic heterocycles. The van der Waals surface area contributed by atoms with E-state index in [0.717, 1.165) is 17.2 Å². The number of phenolic OH excluding ortho intramolecular Hbond substituents is 1. The van der Waals surface area contributed by atoms with Gasteiger partial charge in [0, 0.05) is 11.7 Å². The maximum atomic E-state index is 12.7. The summed E-state index contributed by atoms with van der Waals surface area (Å²) in [7, 11) is -7.48. The van der Waals surface area contributed by atoms with Crippen molar-refractivity contribution in [1.29, 1.82) is 0 Å². The molecule has 0 saturated carbocycles. The summed E-state index contributed by atoms with van der Waals surface area (Å²) in [6.45, 7) is 1.76. The third-order valence-corrected chi connectivity index (χ3v) is 6.14. The predicted octanol–water partition coefficient (Wildman–Crippen LogP) is 2.03. The van der Waals surface area contributed by atoms with Gasteiger partial charge in [-0.1, -0.05) is 36.4 Å². The van der Waals surface area contributed by atoms with E-state index in [2.05, 4.69) is 10.0 Å². The van der Waals surface area contributed by atoms with Gasteiger partial charge in [0.15, 0.2) is 0 Å². The number of anilines is 1. The quantitative estimate of drug-likeness (QED) is 0.499. The minimum absolute atomic E-state index is 0.0916. The van der Waals surface area contributed by atoms with Crippen LogP contribution in [0.5, 0.6) is 5.75 Å². The molecule has 1 atom stereocenters. The highest BCUT2D eigenvalue weighted by Crippen LogP contribution is 2.24. The zero-order valence-corrected chi connectivity index (χ0v) is 18.2. The van der Waals surface area contributed by atoms with Crippen LogP contribution in [-0.4, -0.2) is 45.9 Å². The van der Waals surface area contributed by atoms with Crippen molar-refractivity contribution in [3.05, 3.63) is 65.1 Å². The van der Waals surface area contributed by atoms with E-state index in [1.807, 2.05) is 0 Å². The Morgan fingerprint density at radius 1 is 1.10 bits per heavy atom. The van der Waals surface area contributed by atoms with Gasteiger partial charge in [-0.05, 0) is 42.7 Å². The maximum absolute atomic E-state index is 12.7. The number of rotatable bonds is 9. The number of carbonyl (C=O) groups is 1. The molecule has 0 aliphatic rings. The molecular formula is C20H24N2O6S2. The van der Waals surface area contributed by atoms with E-state index in [9.17, 15) is 26.7 Å². The smallest absolute Gasteiger partial charge is 0.242 e. The number of nitrogens with one attached hydrogen (secondary N) is 2. The number of hydrogen-bond acceptors (Lipinski definition) is 6. The normalized spacial score (nSPS) is 13.3. The fraction of sp³-hybridized carbons (Fsp3) is 0.250. The SMILES string of the molecule is Cc1ccc(NC(=O)C(CCS(C)(=O)=O)NS(=O)(=O)/C=C/c2ccccc2)c(O)c1. The van der Waals surface area contributed by atoms with Crippen molar-refractivity contribution in [3.63, 3.8) is 0 Å². The number of aryl methyl sites for hydroxylation is 1. The van der Waals surface area contributed by atoms with Gasteiger partial charge >= 0.3 is 0 Å². The van der Waals surface area contributed by atoms with Gasteiger partial charge in [0.05, 0.1) is 11.4 Å². The Morgan fingerprint density at radius 3 is 2.37 bits per heavy atom. The number of benzene rings is 2. The van der Waals surface area contributed by atoms with Crippen molar-refractivity contribution >= 4 is 37.5 Å². The second kappa shape index (κ2) is 9.88. The van der Waals surface area contributed by atoms with Crippen molar-refractivity contribution in [2.24, 2.45) is 0 Å². The molecule has 8 nitrogen and oxygen atoms in total. The first-order valence-corrected chi connectivity index (χ1v) is 12.6. The van der Waals surface area contributed by atoms with Crippen LogP contribution in [0.1, 0.15) is 17.5 Å². The van der Waals surface area contributed by atoms with E-state index >= 15 is 0 Å². The van der Waals surface area contributed by atoms with Crippen molar-refractivity contribution < 1.29 is 26.7 Å². The van der Waals surface area contributed by atoms with Crippen molar-refractivity contribution in [3.8, 4) is 5.75 Å². The van der Waals surface area contributed by atoms with Crippen molar-refractivity contribution in [2.45, 2.75) is 19.4 Å². The third-order valence-electron chi connectivity index (χ3n) is 4.05. The monoisotopic (exact) mass is 452 g/mol. The minimum atomic E-state index is -4.05.